The first-order valence-electron chi connectivity index (χ1n) is 3.47. The summed E-state index contributed by atoms with van der Waals surface area (Å²) in [5.41, 5.74) is 2.40. The van der Waals surface area contributed by atoms with Gasteiger partial charge in [0, 0.05) is 17.0 Å². The smallest absolute Gasteiger partial charge is 0.127 e. The molecular weight excluding hydrogens is 177 g/mol. The van der Waals surface area contributed by atoms with Crippen molar-refractivity contribution in [2.45, 2.75) is 11.4 Å². The molecule has 66 valence electrons. The van der Waals surface area contributed by atoms with Crippen LogP contribution in [0, 0.1) is 5.82 Å². The van der Waals surface area contributed by atoms with Gasteiger partial charge in [0.2, 0.25) is 0 Å². The van der Waals surface area contributed by atoms with Crippen molar-refractivity contribution in [3.05, 3.63) is 29.6 Å². The van der Waals surface area contributed by atoms with E-state index in [1.165, 1.54) is 6.07 Å². The lowest BCUT2D eigenvalue weighted by Gasteiger charge is -2.03. The van der Waals surface area contributed by atoms with E-state index in [4.69, 9.17) is 5.21 Å². The maximum absolute atomic E-state index is 12.9. The van der Waals surface area contributed by atoms with E-state index in [1.54, 1.807) is 23.9 Å². The Morgan fingerprint density at radius 1 is 1.58 bits per heavy atom. The first kappa shape index (κ1) is 9.51. The van der Waals surface area contributed by atoms with Gasteiger partial charge in [-0.2, -0.15) is 0 Å². The average molecular weight is 187 g/mol. The molecule has 4 heteroatoms. The van der Waals surface area contributed by atoms with Gasteiger partial charge in [-0.25, -0.2) is 9.87 Å². The molecule has 12 heavy (non-hydrogen) atoms. The van der Waals surface area contributed by atoms with Gasteiger partial charge in [-0.1, -0.05) is 0 Å². The fourth-order valence-electron chi connectivity index (χ4n) is 0.899. The quantitative estimate of drug-likeness (QED) is 0.561. The monoisotopic (exact) mass is 187 g/mol. The summed E-state index contributed by atoms with van der Waals surface area (Å²) in [6, 6.07) is 4.82. The van der Waals surface area contributed by atoms with Crippen LogP contribution >= 0.6 is 11.8 Å². The molecule has 0 atom stereocenters. The molecule has 1 rings (SSSR count). The molecule has 0 radical (unpaired) electrons. The zero-order chi connectivity index (χ0) is 8.97. The Balaban J connectivity index is 2.91. The van der Waals surface area contributed by atoms with E-state index >= 15 is 0 Å². The van der Waals surface area contributed by atoms with Gasteiger partial charge in [0.1, 0.15) is 5.82 Å². The lowest BCUT2D eigenvalue weighted by molar-refractivity contribution is 0.160. The van der Waals surface area contributed by atoms with Crippen molar-refractivity contribution in [1.29, 1.82) is 0 Å². The van der Waals surface area contributed by atoms with Crippen molar-refractivity contribution in [2.24, 2.45) is 0 Å². The molecule has 0 saturated heterocycles. The van der Waals surface area contributed by atoms with Gasteiger partial charge < -0.3 is 5.21 Å². The van der Waals surface area contributed by atoms with Gasteiger partial charge in [-0.05, 0) is 24.5 Å². The van der Waals surface area contributed by atoms with E-state index in [0.29, 0.717) is 5.56 Å². The van der Waals surface area contributed by atoms with Gasteiger partial charge in [0.05, 0.1) is 0 Å². The predicted molar refractivity (Wildman–Crippen MR) is 46.8 cm³/mol. The molecule has 0 aliphatic heterocycles. The van der Waals surface area contributed by atoms with Gasteiger partial charge in [0.15, 0.2) is 0 Å². The molecule has 0 saturated carbocycles. The Morgan fingerprint density at radius 3 is 2.92 bits per heavy atom. The van der Waals surface area contributed by atoms with Gasteiger partial charge >= 0.3 is 0 Å². The molecule has 0 spiro atoms. The predicted octanol–water partition coefficient (Wildman–Crippen LogP) is 2.03. The van der Waals surface area contributed by atoms with Gasteiger partial charge in [-0.15, -0.1) is 11.8 Å². The van der Waals surface area contributed by atoms with E-state index in [-0.39, 0.29) is 12.4 Å². The van der Waals surface area contributed by atoms with Crippen molar-refractivity contribution >= 4 is 11.8 Å². The van der Waals surface area contributed by atoms with Crippen molar-refractivity contribution in [3.63, 3.8) is 0 Å². The number of benzene rings is 1. The minimum Gasteiger partial charge on any atom is -0.316 e. The number of nitrogens with one attached hydrogen (secondary N) is 1. The summed E-state index contributed by atoms with van der Waals surface area (Å²) in [7, 11) is 0. The summed E-state index contributed by atoms with van der Waals surface area (Å²) in [6.45, 7) is 0.139. The summed E-state index contributed by atoms with van der Waals surface area (Å²) in [6.07, 6.45) is 1.92. The molecule has 0 amide bonds. The van der Waals surface area contributed by atoms with Crippen LogP contribution in [0.5, 0.6) is 0 Å². The summed E-state index contributed by atoms with van der Waals surface area (Å²) in [5, 5.41) is 8.38. The van der Waals surface area contributed by atoms with E-state index in [9.17, 15) is 4.39 Å². The first-order chi connectivity index (χ1) is 5.77. The zero-order valence-electron chi connectivity index (χ0n) is 6.67. The topological polar surface area (TPSA) is 32.3 Å². The number of hydrogen-bond acceptors (Lipinski definition) is 3. The molecule has 0 heterocycles. The first-order valence-corrected chi connectivity index (χ1v) is 4.69. The standard InChI is InChI=1S/C8H10FNOS/c1-12-7-2-3-8(9)6(4-7)5-10-11/h2-4,10-11H,5H2,1H3. The van der Waals surface area contributed by atoms with Crippen LogP contribution in [0.15, 0.2) is 23.1 Å². The third-order valence-electron chi connectivity index (χ3n) is 1.52. The highest BCUT2D eigenvalue weighted by atomic mass is 32.2. The molecule has 0 fully saturated rings. The third-order valence-corrected chi connectivity index (χ3v) is 2.25. The summed E-state index contributed by atoms with van der Waals surface area (Å²) in [4.78, 5) is 0.988. The summed E-state index contributed by atoms with van der Waals surface area (Å²) >= 11 is 1.54. The molecule has 2 nitrogen and oxygen atoms in total. The zero-order valence-corrected chi connectivity index (χ0v) is 7.49. The van der Waals surface area contributed by atoms with E-state index in [2.05, 4.69) is 0 Å². The molecule has 1 aromatic carbocycles. The van der Waals surface area contributed by atoms with E-state index in [1.807, 2.05) is 11.7 Å². The molecule has 1 aromatic rings. The SMILES string of the molecule is CSc1ccc(F)c(CNO)c1. The molecule has 0 aliphatic rings. The second kappa shape index (κ2) is 4.45. The normalized spacial score (nSPS) is 10.2. The molecule has 0 unspecified atom stereocenters. The molecule has 0 aromatic heterocycles. The molecule has 2 N–H and O–H groups in total. The van der Waals surface area contributed by atoms with Crippen LogP contribution in [0.1, 0.15) is 5.56 Å². The fraction of sp³-hybridized carbons (Fsp3) is 0.250. The van der Waals surface area contributed by atoms with E-state index < -0.39 is 0 Å². The Morgan fingerprint density at radius 2 is 2.33 bits per heavy atom. The Labute approximate surface area is 74.7 Å². The molecule has 0 bridgehead atoms. The van der Waals surface area contributed by atoms with Crippen molar-refractivity contribution in [3.8, 4) is 0 Å². The van der Waals surface area contributed by atoms with Crippen molar-refractivity contribution in [1.82, 2.24) is 5.48 Å². The number of halogens is 1. The minimum absolute atomic E-state index is 0.139. The number of hydroxylamine groups is 1. The number of hydrogen-bond donors (Lipinski definition) is 2. The lowest BCUT2D eigenvalue weighted by atomic mass is 10.2. The maximum atomic E-state index is 12.9. The number of thioether (sulfide) groups is 1. The van der Waals surface area contributed by atoms with Crippen LogP contribution in [0.25, 0.3) is 0 Å². The highest BCUT2D eigenvalue weighted by Gasteiger charge is 2.01. The maximum Gasteiger partial charge on any atom is 0.127 e. The second-order valence-corrected chi connectivity index (χ2v) is 3.17. The fourth-order valence-corrected chi connectivity index (χ4v) is 1.36. The van der Waals surface area contributed by atoms with Crippen LogP contribution in [0.3, 0.4) is 0 Å². The van der Waals surface area contributed by atoms with Crippen molar-refractivity contribution in [2.75, 3.05) is 6.26 Å². The summed E-state index contributed by atoms with van der Waals surface area (Å²) < 4.78 is 12.9. The summed E-state index contributed by atoms with van der Waals surface area (Å²) in [5.74, 6) is -0.297. The highest BCUT2D eigenvalue weighted by molar-refractivity contribution is 7.98. The molecular formula is C8H10FNOS. The van der Waals surface area contributed by atoms with Crippen LogP contribution in [-0.4, -0.2) is 11.5 Å². The largest absolute Gasteiger partial charge is 0.316 e. The highest BCUT2D eigenvalue weighted by Crippen LogP contribution is 2.18. The number of rotatable bonds is 3. The Bertz CT molecular complexity index is 267. The lowest BCUT2D eigenvalue weighted by Crippen LogP contribution is -2.07. The van der Waals surface area contributed by atoms with Gasteiger partial charge in [-0.3, -0.25) is 0 Å². The van der Waals surface area contributed by atoms with Crippen LogP contribution < -0.4 is 5.48 Å². The average Bonchev–Trinajstić information content (AvgIpc) is 2.09. The van der Waals surface area contributed by atoms with Crippen LogP contribution in [0.2, 0.25) is 0 Å². The third kappa shape index (κ3) is 2.20. The Hall–Kier alpha value is -0.580. The minimum atomic E-state index is -0.297. The Kier molecular flexibility index (Phi) is 3.52. The van der Waals surface area contributed by atoms with Crippen LogP contribution in [0.4, 0.5) is 4.39 Å². The van der Waals surface area contributed by atoms with Gasteiger partial charge in [0.25, 0.3) is 0 Å². The van der Waals surface area contributed by atoms with Crippen molar-refractivity contribution < 1.29 is 9.60 Å². The molecule has 0 aliphatic carbocycles. The second-order valence-electron chi connectivity index (χ2n) is 2.29. The van der Waals surface area contributed by atoms with E-state index in [0.717, 1.165) is 4.90 Å². The van der Waals surface area contributed by atoms with Crippen LogP contribution in [-0.2, 0) is 6.54 Å².